The van der Waals surface area contributed by atoms with E-state index in [1.165, 1.54) is 0 Å². The summed E-state index contributed by atoms with van der Waals surface area (Å²) < 4.78 is 12.4. The van der Waals surface area contributed by atoms with Crippen molar-refractivity contribution in [2.45, 2.75) is 33.2 Å². The SMILES string of the molecule is COc1ccc(CCNC(=O)CCn2nc(C)cc2C)cc1OC. The van der Waals surface area contributed by atoms with Crippen LogP contribution in [0.5, 0.6) is 11.5 Å². The molecule has 0 atom stereocenters. The Balaban J connectivity index is 1.77. The Morgan fingerprint density at radius 2 is 1.92 bits per heavy atom. The van der Waals surface area contributed by atoms with Gasteiger partial charge in [-0.15, -0.1) is 0 Å². The average Bonchev–Trinajstić information content (AvgIpc) is 2.90. The number of aromatic nitrogens is 2. The summed E-state index contributed by atoms with van der Waals surface area (Å²) in [7, 11) is 3.23. The van der Waals surface area contributed by atoms with Crippen LogP contribution in [0.1, 0.15) is 23.4 Å². The number of nitrogens with one attached hydrogen (secondary N) is 1. The van der Waals surface area contributed by atoms with E-state index in [9.17, 15) is 4.79 Å². The lowest BCUT2D eigenvalue weighted by Crippen LogP contribution is -2.26. The van der Waals surface area contributed by atoms with Gasteiger partial charge in [-0.1, -0.05) is 6.07 Å². The number of nitrogens with zero attached hydrogens (tertiary/aromatic N) is 2. The summed E-state index contributed by atoms with van der Waals surface area (Å²) in [6.07, 6.45) is 1.17. The van der Waals surface area contributed by atoms with E-state index >= 15 is 0 Å². The summed E-state index contributed by atoms with van der Waals surface area (Å²) in [4.78, 5) is 12.0. The van der Waals surface area contributed by atoms with Gasteiger partial charge < -0.3 is 14.8 Å². The largest absolute Gasteiger partial charge is 0.493 e. The van der Waals surface area contributed by atoms with Crippen LogP contribution in [-0.4, -0.2) is 36.5 Å². The van der Waals surface area contributed by atoms with E-state index in [1.807, 2.05) is 42.8 Å². The number of amides is 1. The first kappa shape index (κ1) is 17.8. The zero-order chi connectivity index (χ0) is 17.5. The van der Waals surface area contributed by atoms with Crippen LogP contribution in [0.15, 0.2) is 24.3 Å². The molecule has 6 nitrogen and oxygen atoms in total. The van der Waals surface area contributed by atoms with Gasteiger partial charge in [-0.2, -0.15) is 5.10 Å². The average molecular weight is 331 g/mol. The van der Waals surface area contributed by atoms with Gasteiger partial charge in [0, 0.05) is 25.2 Å². The van der Waals surface area contributed by atoms with Crippen molar-refractivity contribution in [2.24, 2.45) is 0 Å². The van der Waals surface area contributed by atoms with Crippen LogP contribution < -0.4 is 14.8 Å². The van der Waals surface area contributed by atoms with Crippen molar-refractivity contribution in [3.63, 3.8) is 0 Å². The molecule has 0 aliphatic rings. The first-order chi connectivity index (χ1) is 11.5. The van der Waals surface area contributed by atoms with E-state index in [1.54, 1.807) is 14.2 Å². The second-order valence-electron chi connectivity index (χ2n) is 5.69. The number of benzene rings is 1. The number of carbonyl (C=O) groups excluding carboxylic acids is 1. The van der Waals surface area contributed by atoms with Gasteiger partial charge in [-0.3, -0.25) is 9.48 Å². The number of carbonyl (C=O) groups is 1. The Bertz CT molecular complexity index is 695. The van der Waals surface area contributed by atoms with Crippen LogP contribution in [0.2, 0.25) is 0 Å². The maximum Gasteiger partial charge on any atom is 0.221 e. The summed E-state index contributed by atoms with van der Waals surface area (Å²) in [5.74, 6) is 1.43. The number of rotatable bonds is 8. The molecule has 24 heavy (non-hydrogen) atoms. The molecular weight excluding hydrogens is 306 g/mol. The summed E-state index contributed by atoms with van der Waals surface area (Å²) >= 11 is 0. The lowest BCUT2D eigenvalue weighted by Gasteiger charge is -2.10. The minimum atomic E-state index is 0.0306. The van der Waals surface area contributed by atoms with E-state index in [0.29, 0.717) is 31.0 Å². The Morgan fingerprint density at radius 1 is 1.17 bits per heavy atom. The molecule has 130 valence electrons. The van der Waals surface area contributed by atoms with E-state index in [4.69, 9.17) is 9.47 Å². The quantitative estimate of drug-likeness (QED) is 0.806. The highest BCUT2D eigenvalue weighted by Gasteiger charge is 2.07. The Kier molecular flexibility index (Phi) is 6.23. The van der Waals surface area contributed by atoms with Gasteiger partial charge in [0.2, 0.25) is 5.91 Å². The van der Waals surface area contributed by atoms with Crippen molar-refractivity contribution in [1.29, 1.82) is 0 Å². The lowest BCUT2D eigenvalue weighted by atomic mass is 10.1. The summed E-state index contributed by atoms with van der Waals surface area (Å²) in [5, 5.41) is 7.30. The van der Waals surface area contributed by atoms with E-state index in [-0.39, 0.29) is 5.91 Å². The van der Waals surface area contributed by atoms with Gasteiger partial charge in [0.1, 0.15) is 0 Å². The fraction of sp³-hybridized carbons (Fsp3) is 0.444. The van der Waals surface area contributed by atoms with Crippen molar-refractivity contribution in [1.82, 2.24) is 15.1 Å². The number of hydrogen-bond donors (Lipinski definition) is 1. The zero-order valence-corrected chi connectivity index (χ0v) is 14.8. The third-order valence-corrected chi connectivity index (χ3v) is 3.84. The topological polar surface area (TPSA) is 65.4 Å². The van der Waals surface area contributed by atoms with Crippen LogP contribution in [0.25, 0.3) is 0 Å². The molecule has 1 heterocycles. The molecule has 0 saturated heterocycles. The van der Waals surface area contributed by atoms with Crippen molar-refractivity contribution < 1.29 is 14.3 Å². The minimum Gasteiger partial charge on any atom is -0.493 e. The number of hydrogen-bond acceptors (Lipinski definition) is 4. The molecule has 1 N–H and O–H groups in total. The Hall–Kier alpha value is -2.50. The van der Waals surface area contributed by atoms with E-state index in [2.05, 4.69) is 10.4 Å². The monoisotopic (exact) mass is 331 g/mol. The predicted molar refractivity (Wildman–Crippen MR) is 92.6 cm³/mol. The molecule has 1 aromatic carbocycles. The van der Waals surface area contributed by atoms with E-state index < -0.39 is 0 Å². The van der Waals surface area contributed by atoms with Gasteiger partial charge in [-0.25, -0.2) is 0 Å². The molecule has 0 bridgehead atoms. The van der Waals surface area contributed by atoms with Gasteiger partial charge in [-0.05, 0) is 44.0 Å². The predicted octanol–water partition coefficient (Wildman–Crippen LogP) is 2.27. The van der Waals surface area contributed by atoms with Crippen LogP contribution in [0.3, 0.4) is 0 Å². The molecule has 1 aromatic heterocycles. The molecule has 0 fully saturated rings. The second kappa shape index (κ2) is 8.38. The fourth-order valence-electron chi connectivity index (χ4n) is 2.58. The highest BCUT2D eigenvalue weighted by atomic mass is 16.5. The number of aryl methyl sites for hydroxylation is 3. The standard InChI is InChI=1S/C18H25N3O3/c1-13-11-14(2)21(20-13)10-8-18(22)19-9-7-15-5-6-16(23-3)17(12-15)24-4/h5-6,11-12H,7-10H2,1-4H3,(H,19,22). The molecule has 0 radical (unpaired) electrons. The van der Waals surface area contributed by atoms with Crippen LogP contribution in [0.4, 0.5) is 0 Å². The van der Waals surface area contributed by atoms with Crippen molar-refractivity contribution in [3.05, 3.63) is 41.2 Å². The number of methoxy groups -OCH3 is 2. The van der Waals surface area contributed by atoms with Gasteiger partial charge >= 0.3 is 0 Å². The lowest BCUT2D eigenvalue weighted by molar-refractivity contribution is -0.121. The molecule has 0 spiro atoms. The molecule has 0 saturated carbocycles. The summed E-state index contributed by atoms with van der Waals surface area (Å²) in [6, 6.07) is 7.79. The third kappa shape index (κ3) is 4.75. The molecule has 6 heteroatoms. The normalized spacial score (nSPS) is 10.5. The first-order valence-corrected chi connectivity index (χ1v) is 8.02. The van der Waals surface area contributed by atoms with Crippen LogP contribution in [-0.2, 0) is 17.8 Å². The molecule has 1 amide bonds. The molecule has 0 aliphatic carbocycles. The summed E-state index contributed by atoms with van der Waals surface area (Å²) in [6.45, 7) is 5.13. The minimum absolute atomic E-state index is 0.0306. The molecule has 2 aromatic rings. The first-order valence-electron chi connectivity index (χ1n) is 8.02. The van der Waals surface area contributed by atoms with Crippen molar-refractivity contribution in [3.8, 4) is 11.5 Å². The smallest absolute Gasteiger partial charge is 0.221 e. The zero-order valence-electron chi connectivity index (χ0n) is 14.8. The van der Waals surface area contributed by atoms with Gasteiger partial charge in [0.05, 0.1) is 19.9 Å². The van der Waals surface area contributed by atoms with Gasteiger partial charge in [0.25, 0.3) is 0 Å². The Morgan fingerprint density at radius 3 is 2.54 bits per heavy atom. The van der Waals surface area contributed by atoms with E-state index in [0.717, 1.165) is 23.4 Å². The number of ether oxygens (including phenoxy) is 2. The summed E-state index contributed by atoms with van der Waals surface area (Å²) in [5.41, 5.74) is 3.14. The molecular formula is C18H25N3O3. The van der Waals surface area contributed by atoms with Gasteiger partial charge in [0.15, 0.2) is 11.5 Å². The second-order valence-corrected chi connectivity index (χ2v) is 5.69. The third-order valence-electron chi connectivity index (χ3n) is 3.84. The fourth-order valence-corrected chi connectivity index (χ4v) is 2.58. The van der Waals surface area contributed by atoms with Crippen LogP contribution in [0, 0.1) is 13.8 Å². The van der Waals surface area contributed by atoms with Crippen molar-refractivity contribution in [2.75, 3.05) is 20.8 Å². The molecule has 2 rings (SSSR count). The van der Waals surface area contributed by atoms with Crippen molar-refractivity contribution >= 4 is 5.91 Å². The highest BCUT2D eigenvalue weighted by molar-refractivity contribution is 5.75. The Labute approximate surface area is 142 Å². The maximum absolute atomic E-state index is 12.0. The highest BCUT2D eigenvalue weighted by Crippen LogP contribution is 2.27. The molecule has 0 unspecified atom stereocenters. The van der Waals surface area contributed by atoms with Crippen LogP contribution >= 0.6 is 0 Å². The molecule has 0 aliphatic heterocycles. The maximum atomic E-state index is 12.0.